The minimum atomic E-state index is -3.37. The number of benzene rings is 1. The summed E-state index contributed by atoms with van der Waals surface area (Å²) >= 11 is 0. The molecule has 0 aromatic heterocycles. The summed E-state index contributed by atoms with van der Waals surface area (Å²) in [5.74, 6) is -4.49. The van der Waals surface area contributed by atoms with E-state index in [1.165, 1.54) is 37.0 Å². The van der Waals surface area contributed by atoms with Gasteiger partial charge in [-0.25, -0.2) is 0 Å². The van der Waals surface area contributed by atoms with Crippen molar-refractivity contribution in [3.8, 4) is 0 Å². The lowest BCUT2D eigenvalue weighted by molar-refractivity contribution is -0.141. The SMILES string of the molecule is CC(=O)C(F)(F)c1ccc(CC=C2CCC2)cc1.CO. The van der Waals surface area contributed by atoms with E-state index in [0.29, 0.717) is 0 Å². The predicted octanol–water partition coefficient (Wildman–Crippen LogP) is 3.63. The van der Waals surface area contributed by atoms with E-state index in [1.807, 2.05) is 0 Å². The Kier molecular flexibility index (Phi) is 6.02. The highest BCUT2D eigenvalue weighted by Gasteiger charge is 2.36. The molecule has 2 nitrogen and oxygen atoms in total. The summed E-state index contributed by atoms with van der Waals surface area (Å²) in [6.07, 6.45) is 6.54. The molecular weight excluding hydrogens is 262 g/mol. The maximum absolute atomic E-state index is 13.4. The molecule has 0 spiro atoms. The number of ketones is 1. The number of hydrogen-bond donors (Lipinski definition) is 1. The maximum atomic E-state index is 13.4. The highest BCUT2D eigenvalue weighted by atomic mass is 19.3. The average molecular weight is 282 g/mol. The fraction of sp³-hybridized carbons (Fsp3) is 0.438. The van der Waals surface area contributed by atoms with Crippen LogP contribution in [0.3, 0.4) is 0 Å². The van der Waals surface area contributed by atoms with Crippen LogP contribution in [0, 0.1) is 0 Å². The summed E-state index contributed by atoms with van der Waals surface area (Å²) in [6, 6.07) is 6.02. The summed E-state index contributed by atoms with van der Waals surface area (Å²) in [5, 5.41) is 7.00. The van der Waals surface area contributed by atoms with Gasteiger partial charge in [-0.3, -0.25) is 4.79 Å². The smallest absolute Gasteiger partial charge is 0.330 e. The van der Waals surface area contributed by atoms with E-state index < -0.39 is 11.7 Å². The van der Waals surface area contributed by atoms with E-state index in [0.717, 1.165) is 26.0 Å². The molecule has 4 heteroatoms. The van der Waals surface area contributed by atoms with E-state index in [2.05, 4.69) is 6.08 Å². The number of rotatable bonds is 4. The third kappa shape index (κ3) is 3.97. The molecule has 1 aliphatic carbocycles. The number of Topliss-reactive ketones (excluding diaryl/α,β-unsaturated/α-hetero) is 1. The van der Waals surface area contributed by atoms with Gasteiger partial charge in [0.15, 0.2) is 0 Å². The van der Waals surface area contributed by atoms with Crippen molar-refractivity contribution >= 4 is 5.78 Å². The van der Waals surface area contributed by atoms with Crippen LogP contribution in [0.4, 0.5) is 8.78 Å². The second kappa shape index (κ2) is 7.29. The van der Waals surface area contributed by atoms with Crippen molar-refractivity contribution in [2.45, 2.75) is 38.5 Å². The zero-order chi connectivity index (χ0) is 15.2. The van der Waals surface area contributed by atoms with Crippen molar-refractivity contribution < 1.29 is 18.7 Å². The van der Waals surface area contributed by atoms with E-state index in [1.54, 1.807) is 12.1 Å². The predicted molar refractivity (Wildman–Crippen MR) is 74.8 cm³/mol. The van der Waals surface area contributed by atoms with E-state index >= 15 is 0 Å². The molecule has 2 rings (SSSR count). The fourth-order valence-corrected chi connectivity index (χ4v) is 1.90. The highest BCUT2D eigenvalue weighted by Crippen LogP contribution is 2.29. The summed E-state index contributed by atoms with van der Waals surface area (Å²) in [6.45, 7) is 0.912. The molecule has 0 bridgehead atoms. The van der Waals surface area contributed by atoms with Gasteiger partial charge in [-0.15, -0.1) is 0 Å². The third-order valence-corrected chi connectivity index (χ3v) is 3.38. The molecule has 0 saturated heterocycles. The number of carbonyl (C=O) groups is 1. The lowest BCUT2D eigenvalue weighted by Crippen LogP contribution is -2.22. The summed E-state index contributed by atoms with van der Waals surface area (Å²) in [5.41, 5.74) is 2.22. The van der Waals surface area contributed by atoms with Crippen LogP contribution >= 0.6 is 0 Å². The molecule has 0 heterocycles. The maximum Gasteiger partial charge on any atom is 0.330 e. The molecule has 0 aliphatic heterocycles. The minimum Gasteiger partial charge on any atom is -0.400 e. The minimum absolute atomic E-state index is 0.227. The number of aliphatic hydroxyl groups excluding tert-OH is 1. The van der Waals surface area contributed by atoms with Gasteiger partial charge in [-0.05, 0) is 31.2 Å². The summed E-state index contributed by atoms with van der Waals surface area (Å²) < 4.78 is 26.9. The topological polar surface area (TPSA) is 37.3 Å². The first kappa shape index (κ1) is 16.5. The van der Waals surface area contributed by atoms with Crippen LogP contribution in [0.25, 0.3) is 0 Å². The standard InChI is InChI=1S/C15H16F2O.CH4O/c1-11(18)15(16,17)14-9-7-13(8-10-14)6-5-12-3-2-4-12;1-2/h5,7-10H,2-4,6H2,1H3;2H,1H3. The van der Waals surface area contributed by atoms with E-state index in [9.17, 15) is 13.6 Å². The van der Waals surface area contributed by atoms with Gasteiger partial charge in [0.25, 0.3) is 0 Å². The Morgan fingerprint density at radius 2 is 1.80 bits per heavy atom. The Balaban J connectivity index is 0.000000956. The van der Waals surface area contributed by atoms with E-state index in [-0.39, 0.29) is 5.56 Å². The molecule has 1 aliphatic rings. The van der Waals surface area contributed by atoms with Crippen molar-refractivity contribution in [1.29, 1.82) is 0 Å². The van der Waals surface area contributed by atoms with Gasteiger partial charge in [-0.2, -0.15) is 8.78 Å². The van der Waals surface area contributed by atoms with Crippen LogP contribution in [0.15, 0.2) is 35.9 Å². The first-order valence-corrected chi connectivity index (χ1v) is 6.61. The Morgan fingerprint density at radius 1 is 1.25 bits per heavy atom. The molecule has 1 fully saturated rings. The van der Waals surface area contributed by atoms with Crippen molar-refractivity contribution in [2.24, 2.45) is 0 Å². The molecule has 110 valence electrons. The molecular formula is C16H20F2O2. The van der Waals surface area contributed by atoms with Gasteiger partial charge < -0.3 is 5.11 Å². The van der Waals surface area contributed by atoms with Gasteiger partial charge in [-0.1, -0.05) is 35.9 Å². The van der Waals surface area contributed by atoms with Crippen molar-refractivity contribution in [3.63, 3.8) is 0 Å². The van der Waals surface area contributed by atoms with Gasteiger partial charge >= 0.3 is 5.92 Å². The summed E-state index contributed by atoms with van der Waals surface area (Å²) in [7, 11) is 1.00. The second-order valence-corrected chi connectivity index (χ2v) is 4.75. The number of allylic oxidation sites excluding steroid dienone is 2. The lowest BCUT2D eigenvalue weighted by Gasteiger charge is -2.16. The van der Waals surface area contributed by atoms with E-state index in [4.69, 9.17) is 5.11 Å². The number of carbonyl (C=O) groups excluding carboxylic acids is 1. The molecule has 0 atom stereocenters. The highest BCUT2D eigenvalue weighted by molar-refractivity contribution is 5.84. The van der Waals surface area contributed by atoms with Crippen molar-refractivity contribution in [2.75, 3.05) is 7.11 Å². The molecule has 1 aromatic rings. The quantitative estimate of drug-likeness (QED) is 0.856. The van der Waals surface area contributed by atoms with Crippen molar-refractivity contribution in [3.05, 3.63) is 47.0 Å². The first-order chi connectivity index (χ1) is 9.50. The molecule has 0 radical (unpaired) electrons. The van der Waals surface area contributed by atoms with Gasteiger partial charge in [0, 0.05) is 19.6 Å². The number of halogens is 2. The van der Waals surface area contributed by atoms with Crippen LogP contribution in [0.2, 0.25) is 0 Å². The summed E-state index contributed by atoms with van der Waals surface area (Å²) in [4.78, 5) is 10.9. The van der Waals surface area contributed by atoms with Gasteiger partial charge in [0.1, 0.15) is 0 Å². The van der Waals surface area contributed by atoms with Crippen molar-refractivity contribution in [1.82, 2.24) is 0 Å². The lowest BCUT2D eigenvalue weighted by atomic mass is 9.91. The normalized spacial score (nSPS) is 13.9. The molecule has 0 amide bonds. The molecule has 1 N–H and O–H groups in total. The number of hydrogen-bond acceptors (Lipinski definition) is 2. The van der Waals surface area contributed by atoms with Crippen LogP contribution in [0.5, 0.6) is 0 Å². The largest absolute Gasteiger partial charge is 0.400 e. The first-order valence-electron chi connectivity index (χ1n) is 6.61. The monoisotopic (exact) mass is 282 g/mol. The number of alkyl halides is 2. The molecule has 20 heavy (non-hydrogen) atoms. The number of aliphatic hydroxyl groups is 1. The Bertz CT molecular complexity index is 470. The second-order valence-electron chi connectivity index (χ2n) is 4.75. The Labute approximate surface area is 118 Å². The zero-order valence-electron chi connectivity index (χ0n) is 11.8. The molecule has 0 unspecified atom stereocenters. The van der Waals surface area contributed by atoms with Crippen LogP contribution in [-0.2, 0) is 17.1 Å². The van der Waals surface area contributed by atoms with Crippen LogP contribution in [0.1, 0.15) is 37.3 Å². The average Bonchev–Trinajstić information content (AvgIpc) is 2.39. The third-order valence-electron chi connectivity index (χ3n) is 3.38. The molecule has 1 saturated carbocycles. The Hall–Kier alpha value is -1.55. The Morgan fingerprint density at radius 3 is 2.20 bits per heavy atom. The van der Waals surface area contributed by atoms with Gasteiger partial charge in [0.05, 0.1) is 0 Å². The van der Waals surface area contributed by atoms with Crippen LogP contribution in [-0.4, -0.2) is 18.0 Å². The molecule has 1 aromatic carbocycles. The fourth-order valence-electron chi connectivity index (χ4n) is 1.90. The zero-order valence-corrected chi connectivity index (χ0v) is 11.8. The van der Waals surface area contributed by atoms with Crippen LogP contribution < -0.4 is 0 Å². The van der Waals surface area contributed by atoms with Gasteiger partial charge in [0.2, 0.25) is 5.78 Å².